The Morgan fingerprint density at radius 3 is 2.34 bits per heavy atom. The molecule has 0 radical (unpaired) electrons. The largest absolute Gasteiger partial charge is 0.460 e. The Balaban J connectivity index is 1.61. The molecule has 0 aromatic heterocycles. The van der Waals surface area contributed by atoms with Crippen molar-refractivity contribution in [1.29, 1.82) is 5.26 Å². The lowest BCUT2D eigenvalue weighted by Gasteiger charge is -2.34. The first-order valence-electron chi connectivity index (χ1n) is 10.2. The van der Waals surface area contributed by atoms with E-state index >= 15 is 0 Å². The van der Waals surface area contributed by atoms with Crippen LogP contribution < -0.4 is 0 Å². The Labute approximate surface area is 187 Å². The fraction of sp³-hybridized carbons (Fsp3) is 0.200. The lowest BCUT2D eigenvalue weighted by atomic mass is 9.96. The zero-order valence-corrected chi connectivity index (χ0v) is 18.4. The second kappa shape index (κ2) is 8.95. The third kappa shape index (κ3) is 4.42. The molecule has 0 spiro atoms. The number of fused-ring (bicyclic) bond motifs is 1. The maximum absolute atomic E-state index is 13.5. The molecule has 0 saturated heterocycles. The molecule has 1 atom stereocenters. The summed E-state index contributed by atoms with van der Waals surface area (Å²) in [6.45, 7) is 1.99. The number of rotatable bonds is 5. The molecule has 0 saturated carbocycles. The first kappa shape index (κ1) is 21.8. The highest BCUT2D eigenvalue weighted by Crippen LogP contribution is 2.30. The van der Waals surface area contributed by atoms with Gasteiger partial charge in [-0.15, -0.1) is 0 Å². The molecule has 0 amide bonds. The van der Waals surface area contributed by atoms with E-state index in [0.29, 0.717) is 5.56 Å². The molecule has 162 valence electrons. The fourth-order valence-corrected chi connectivity index (χ4v) is 5.28. The third-order valence-corrected chi connectivity index (χ3v) is 7.44. The predicted molar refractivity (Wildman–Crippen MR) is 119 cm³/mol. The van der Waals surface area contributed by atoms with Crippen LogP contribution in [0, 0.1) is 18.3 Å². The number of sulfonamides is 1. The van der Waals surface area contributed by atoms with Crippen LogP contribution in [-0.4, -0.2) is 24.7 Å². The van der Waals surface area contributed by atoms with Crippen LogP contribution in [0.5, 0.6) is 0 Å². The van der Waals surface area contributed by atoms with E-state index in [4.69, 9.17) is 10.00 Å². The van der Waals surface area contributed by atoms with Gasteiger partial charge in [0.1, 0.15) is 12.6 Å². The number of carbonyl (C=O) groups excluding carboxylic acids is 1. The van der Waals surface area contributed by atoms with Crippen molar-refractivity contribution in [2.75, 3.05) is 0 Å². The molecular weight excluding hydrogens is 424 g/mol. The molecule has 1 aliphatic heterocycles. The van der Waals surface area contributed by atoms with Gasteiger partial charge in [0.05, 0.1) is 16.5 Å². The molecular formula is C25H22N2O4S. The maximum Gasteiger partial charge on any atom is 0.325 e. The van der Waals surface area contributed by atoms with Crippen molar-refractivity contribution in [2.24, 2.45) is 0 Å². The average molecular weight is 447 g/mol. The predicted octanol–water partition coefficient (Wildman–Crippen LogP) is 3.73. The molecule has 6 nitrogen and oxygen atoms in total. The number of esters is 1. The Kier molecular flexibility index (Phi) is 6.08. The lowest BCUT2D eigenvalue weighted by Crippen LogP contribution is -2.49. The molecule has 1 aliphatic rings. The Morgan fingerprint density at radius 1 is 1.03 bits per heavy atom. The molecule has 7 heteroatoms. The summed E-state index contributed by atoms with van der Waals surface area (Å²) in [7, 11) is -3.91. The minimum absolute atomic E-state index is 0.00110. The van der Waals surface area contributed by atoms with E-state index in [1.807, 2.05) is 37.3 Å². The van der Waals surface area contributed by atoms with Crippen LogP contribution in [0.3, 0.4) is 0 Å². The fourth-order valence-electron chi connectivity index (χ4n) is 3.72. The van der Waals surface area contributed by atoms with Crippen LogP contribution in [0.1, 0.15) is 27.8 Å². The minimum Gasteiger partial charge on any atom is -0.460 e. The van der Waals surface area contributed by atoms with Crippen LogP contribution in [0.4, 0.5) is 0 Å². The van der Waals surface area contributed by atoms with Gasteiger partial charge in [-0.1, -0.05) is 54.1 Å². The van der Waals surface area contributed by atoms with Gasteiger partial charge in [-0.3, -0.25) is 4.79 Å². The number of benzene rings is 3. The van der Waals surface area contributed by atoms with Crippen molar-refractivity contribution in [3.63, 3.8) is 0 Å². The summed E-state index contributed by atoms with van der Waals surface area (Å²) in [6, 6.07) is 21.9. The van der Waals surface area contributed by atoms with Crippen molar-refractivity contribution >= 4 is 16.0 Å². The van der Waals surface area contributed by atoms with Crippen LogP contribution in [-0.2, 0) is 39.1 Å². The molecule has 0 N–H and O–H groups in total. The van der Waals surface area contributed by atoms with Gasteiger partial charge in [-0.05, 0) is 47.9 Å². The molecule has 32 heavy (non-hydrogen) atoms. The summed E-state index contributed by atoms with van der Waals surface area (Å²) in [5.41, 5.74) is 4.00. The normalized spacial score (nSPS) is 16.1. The van der Waals surface area contributed by atoms with Crippen LogP contribution >= 0.6 is 0 Å². The first-order valence-corrected chi connectivity index (χ1v) is 11.6. The second-order valence-electron chi connectivity index (χ2n) is 7.77. The van der Waals surface area contributed by atoms with Crippen LogP contribution in [0.25, 0.3) is 0 Å². The number of aryl methyl sites for hydroxylation is 1. The van der Waals surface area contributed by atoms with E-state index in [0.717, 1.165) is 22.3 Å². The van der Waals surface area contributed by atoms with Crippen molar-refractivity contribution in [1.82, 2.24) is 4.31 Å². The smallest absolute Gasteiger partial charge is 0.325 e. The van der Waals surface area contributed by atoms with Crippen LogP contribution in [0.2, 0.25) is 0 Å². The molecule has 4 rings (SSSR count). The summed E-state index contributed by atoms with van der Waals surface area (Å²) in [6.07, 6.45) is 0.244. The SMILES string of the molecule is Cc1ccc(S(=O)(=O)N2Cc3ccccc3C[C@@H]2C(=O)OCc2ccc(C#N)cc2)cc1. The lowest BCUT2D eigenvalue weighted by molar-refractivity contribution is -0.150. The zero-order valence-electron chi connectivity index (χ0n) is 17.6. The van der Waals surface area contributed by atoms with Crippen molar-refractivity contribution in [3.8, 4) is 6.07 Å². The van der Waals surface area contributed by atoms with E-state index in [1.54, 1.807) is 48.5 Å². The highest BCUT2D eigenvalue weighted by atomic mass is 32.2. The molecule has 1 heterocycles. The highest BCUT2D eigenvalue weighted by Gasteiger charge is 2.40. The van der Waals surface area contributed by atoms with Crippen molar-refractivity contribution in [2.45, 2.75) is 37.4 Å². The monoisotopic (exact) mass is 446 g/mol. The Hall–Kier alpha value is -3.47. The first-order chi connectivity index (χ1) is 15.4. The molecule has 0 unspecified atom stereocenters. The quantitative estimate of drug-likeness (QED) is 0.558. The molecule has 0 bridgehead atoms. The van der Waals surface area contributed by atoms with Gasteiger partial charge >= 0.3 is 5.97 Å². The number of ether oxygens (including phenoxy) is 1. The number of carbonyl (C=O) groups is 1. The zero-order chi connectivity index (χ0) is 22.7. The summed E-state index contributed by atoms with van der Waals surface area (Å²) in [5, 5.41) is 8.91. The molecule has 3 aromatic rings. The Morgan fingerprint density at radius 2 is 1.69 bits per heavy atom. The molecule has 0 fully saturated rings. The highest BCUT2D eigenvalue weighted by molar-refractivity contribution is 7.89. The average Bonchev–Trinajstić information content (AvgIpc) is 2.82. The van der Waals surface area contributed by atoms with Crippen molar-refractivity contribution < 1.29 is 17.9 Å². The maximum atomic E-state index is 13.5. The van der Waals surface area contributed by atoms with Gasteiger partial charge in [-0.25, -0.2) is 8.42 Å². The summed E-state index contributed by atoms with van der Waals surface area (Å²) in [5.74, 6) is -0.598. The van der Waals surface area contributed by atoms with Gasteiger partial charge in [0.2, 0.25) is 10.0 Å². The van der Waals surface area contributed by atoms with Gasteiger partial charge in [-0.2, -0.15) is 9.57 Å². The summed E-state index contributed by atoms with van der Waals surface area (Å²) >= 11 is 0. The van der Waals surface area contributed by atoms with E-state index in [2.05, 4.69) is 0 Å². The number of hydrogen-bond acceptors (Lipinski definition) is 5. The minimum atomic E-state index is -3.91. The third-order valence-electron chi connectivity index (χ3n) is 5.57. The van der Waals surface area contributed by atoms with Crippen molar-refractivity contribution in [3.05, 3.63) is 101 Å². The standard InChI is InChI=1S/C25H22N2O4S/c1-18-6-12-23(13-7-18)32(29,30)27-16-22-5-3-2-4-21(22)14-24(27)25(28)31-17-20-10-8-19(15-26)9-11-20/h2-13,24H,14,16-17H2,1H3/t24-/m1/s1. The van der Waals surface area contributed by atoms with Gasteiger partial charge < -0.3 is 4.74 Å². The number of hydrogen-bond donors (Lipinski definition) is 0. The van der Waals surface area contributed by atoms with E-state index in [9.17, 15) is 13.2 Å². The molecule has 0 aliphatic carbocycles. The van der Waals surface area contributed by atoms with Gasteiger partial charge in [0, 0.05) is 13.0 Å². The second-order valence-corrected chi connectivity index (χ2v) is 9.66. The van der Waals surface area contributed by atoms with E-state index < -0.39 is 22.0 Å². The summed E-state index contributed by atoms with van der Waals surface area (Å²) in [4.78, 5) is 13.2. The molecule has 3 aromatic carbocycles. The van der Waals surface area contributed by atoms with Crippen LogP contribution in [0.15, 0.2) is 77.7 Å². The number of nitriles is 1. The van der Waals surface area contributed by atoms with E-state index in [1.165, 1.54) is 4.31 Å². The topological polar surface area (TPSA) is 87.5 Å². The van der Waals surface area contributed by atoms with Gasteiger partial charge in [0.25, 0.3) is 0 Å². The van der Waals surface area contributed by atoms with E-state index in [-0.39, 0.29) is 24.5 Å². The number of nitrogens with zero attached hydrogens (tertiary/aromatic N) is 2. The summed E-state index contributed by atoms with van der Waals surface area (Å²) < 4.78 is 33.7. The van der Waals surface area contributed by atoms with Gasteiger partial charge in [0.15, 0.2) is 0 Å². The Bertz CT molecular complexity index is 1280.